The van der Waals surface area contributed by atoms with Crippen molar-refractivity contribution in [1.82, 2.24) is 5.32 Å². The number of halogens is 2. The molecule has 0 saturated heterocycles. The molecule has 1 unspecified atom stereocenters. The van der Waals surface area contributed by atoms with Crippen LogP contribution >= 0.6 is 31.9 Å². The number of hydrogen-bond donors (Lipinski definition) is 1. The van der Waals surface area contributed by atoms with Crippen LogP contribution in [-0.4, -0.2) is 13.0 Å². The molecular formula is C16H15Br2NO2. The number of carbonyl (C=O) groups excluding carboxylic acids is 1. The van der Waals surface area contributed by atoms with Crippen molar-refractivity contribution in [3.05, 3.63) is 62.5 Å². The molecule has 0 radical (unpaired) electrons. The monoisotopic (exact) mass is 411 g/mol. The summed E-state index contributed by atoms with van der Waals surface area (Å²) in [7, 11) is 1.62. The van der Waals surface area contributed by atoms with Crippen LogP contribution < -0.4 is 10.1 Å². The van der Waals surface area contributed by atoms with E-state index in [9.17, 15) is 4.79 Å². The lowest BCUT2D eigenvalue weighted by Crippen LogP contribution is -2.26. The SMILES string of the molecule is COc1ccc(C(C)NC(=O)c2cccc(Br)c2)cc1Br. The number of rotatable bonds is 4. The minimum Gasteiger partial charge on any atom is -0.496 e. The van der Waals surface area contributed by atoms with Gasteiger partial charge in [-0.1, -0.05) is 28.1 Å². The number of benzene rings is 2. The van der Waals surface area contributed by atoms with Crippen molar-refractivity contribution in [3.63, 3.8) is 0 Å². The average molecular weight is 413 g/mol. The minimum atomic E-state index is -0.101. The summed E-state index contributed by atoms with van der Waals surface area (Å²) < 4.78 is 6.95. The summed E-state index contributed by atoms with van der Waals surface area (Å²) in [5, 5.41) is 2.98. The number of nitrogens with one attached hydrogen (secondary N) is 1. The first kappa shape index (κ1) is 16.0. The van der Waals surface area contributed by atoms with Gasteiger partial charge in [-0.05, 0) is 58.7 Å². The molecule has 0 aliphatic heterocycles. The lowest BCUT2D eigenvalue weighted by molar-refractivity contribution is 0.0940. The second kappa shape index (κ2) is 7.09. The topological polar surface area (TPSA) is 38.3 Å². The van der Waals surface area contributed by atoms with Crippen LogP contribution in [0.25, 0.3) is 0 Å². The summed E-state index contributed by atoms with van der Waals surface area (Å²) in [6.07, 6.45) is 0. The number of ether oxygens (including phenoxy) is 1. The Labute approximate surface area is 141 Å². The number of methoxy groups -OCH3 is 1. The third-order valence-electron chi connectivity index (χ3n) is 3.11. The fourth-order valence-electron chi connectivity index (χ4n) is 1.94. The van der Waals surface area contributed by atoms with Gasteiger partial charge in [0.05, 0.1) is 17.6 Å². The highest BCUT2D eigenvalue weighted by atomic mass is 79.9. The molecule has 110 valence electrons. The summed E-state index contributed by atoms with van der Waals surface area (Å²) >= 11 is 6.82. The molecule has 0 fully saturated rings. The predicted octanol–water partition coefficient (Wildman–Crippen LogP) is 4.71. The first-order valence-electron chi connectivity index (χ1n) is 6.41. The summed E-state index contributed by atoms with van der Waals surface area (Å²) in [4.78, 5) is 12.2. The Morgan fingerprint density at radius 1 is 1.19 bits per heavy atom. The molecule has 2 rings (SSSR count). The van der Waals surface area contributed by atoms with Gasteiger partial charge in [-0.15, -0.1) is 0 Å². The molecule has 0 aliphatic rings. The maximum atomic E-state index is 12.2. The lowest BCUT2D eigenvalue weighted by atomic mass is 10.1. The van der Waals surface area contributed by atoms with E-state index in [0.717, 1.165) is 20.3 Å². The van der Waals surface area contributed by atoms with E-state index in [1.165, 1.54) is 0 Å². The molecule has 0 saturated carbocycles. The standard InChI is InChI=1S/C16H15Br2NO2/c1-10(11-6-7-15(21-2)14(18)9-11)19-16(20)12-4-3-5-13(17)8-12/h3-10H,1-2H3,(H,19,20). The maximum absolute atomic E-state index is 12.2. The molecule has 2 aromatic carbocycles. The van der Waals surface area contributed by atoms with Crippen molar-refractivity contribution in [3.8, 4) is 5.75 Å². The first-order chi connectivity index (χ1) is 10.0. The largest absolute Gasteiger partial charge is 0.496 e. The second-order valence-electron chi connectivity index (χ2n) is 4.60. The van der Waals surface area contributed by atoms with Gasteiger partial charge < -0.3 is 10.1 Å². The van der Waals surface area contributed by atoms with Gasteiger partial charge in [-0.3, -0.25) is 4.79 Å². The summed E-state index contributed by atoms with van der Waals surface area (Å²) in [5.41, 5.74) is 1.63. The van der Waals surface area contributed by atoms with Gasteiger partial charge in [0.15, 0.2) is 0 Å². The quantitative estimate of drug-likeness (QED) is 0.789. The fraction of sp³-hybridized carbons (Fsp3) is 0.188. The first-order valence-corrected chi connectivity index (χ1v) is 7.99. The van der Waals surface area contributed by atoms with Crippen LogP contribution in [0.2, 0.25) is 0 Å². The minimum absolute atomic E-state index is 0.0984. The highest BCUT2D eigenvalue weighted by Crippen LogP contribution is 2.28. The molecule has 1 N–H and O–H groups in total. The van der Waals surface area contributed by atoms with Gasteiger partial charge in [-0.25, -0.2) is 0 Å². The number of carbonyl (C=O) groups is 1. The number of hydrogen-bond acceptors (Lipinski definition) is 2. The van der Waals surface area contributed by atoms with Crippen LogP contribution in [0, 0.1) is 0 Å². The molecule has 21 heavy (non-hydrogen) atoms. The maximum Gasteiger partial charge on any atom is 0.251 e. The Balaban J connectivity index is 2.12. The van der Waals surface area contributed by atoms with Gasteiger partial charge in [0, 0.05) is 10.0 Å². The van der Waals surface area contributed by atoms with Gasteiger partial charge in [-0.2, -0.15) is 0 Å². The Kier molecular flexibility index (Phi) is 5.42. The zero-order valence-corrected chi connectivity index (χ0v) is 14.9. The molecule has 0 spiro atoms. The highest BCUT2D eigenvalue weighted by molar-refractivity contribution is 9.10. The van der Waals surface area contributed by atoms with E-state index in [4.69, 9.17) is 4.74 Å². The van der Waals surface area contributed by atoms with Crippen molar-refractivity contribution in [2.45, 2.75) is 13.0 Å². The normalized spacial score (nSPS) is 11.8. The zero-order chi connectivity index (χ0) is 15.4. The van der Waals surface area contributed by atoms with Crippen LogP contribution in [0.4, 0.5) is 0 Å². The zero-order valence-electron chi connectivity index (χ0n) is 11.7. The van der Waals surface area contributed by atoms with Gasteiger partial charge >= 0.3 is 0 Å². The Morgan fingerprint density at radius 2 is 1.95 bits per heavy atom. The van der Waals surface area contributed by atoms with Crippen LogP contribution in [0.3, 0.4) is 0 Å². The van der Waals surface area contributed by atoms with Crippen molar-refractivity contribution in [2.24, 2.45) is 0 Å². The second-order valence-corrected chi connectivity index (χ2v) is 6.37. The van der Waals surface area contributed by atoms with Crippen LogP contribution in [0.5, 0.6) is 5.75 Å². The fourth-order valence-corrected chi connectivity index (χ4v) is 2.90. The van der Waals surface area contributed by atoms with Crippen LogP contribution in [0.1, 0.15) is 28.9 Å². The summed E-state index contributed by atoms with van der Waals surface area (Å²) in [6.45, 7) is 1.95. The molecule has 2 aromatic rings. The van der Waals surface area contributed by atoms with Crippen molar-refractivity contribution in [2.75, 3.05) is 7.11 Å². The predicted molar refractivity (Wildman–Crippen MR) is 90.7 cm³/mol. The average Bonchev–Trinajstić information content (AvgIpc) is 2.47. The molecule has 0 heterocycles. The van der Waals surface area contributed by atoms with E-state index in [1.54, 1.807) is 19.2 Å². The Morgan fingerprint density at radius 3 is 2.57 bits per heavy atom. The van der Waals surface area contributed by atoms with Crippen molar-refractivity contribution in [1.29, 1.82) is 0 Å². The van der Waals surface area contributed by atoms with Crippen LogP contribution in [0.15, 0.2) is 51.4 Å². The van der Waals surface area contributed by atoms with Gasteiger partial charge in [0.1, 0.15) is 5.75 Å². The van der Waals surface area contributed by atoms with Gasteiger partial charge in [0.2, 0.25) is 0 Å². The van der Waals surface area contributed by atoms with Crippen LogP contribution in [-0.2, 0) is 0 Å². The Hall–Kier alpha value is -1.33. The molecule has 0 aromatic heterocycles. The molecule has 0 aliphatic carbocycles. The smallest absolute Gasteiger partial charge is 0.251 e. The van der Waals surface area contributed by atoms with E-state index in [1.807, 2.05) is 37.3 Å². The molecule has 5 heteroatoms. The van der Waals surface area contributed by atoms with Gasteiger partial charge in [0.25, 0.3) is 5.91 Å². The Bertz CT molecular complexity index is 658. The summed E-state index contributed by atoms with van der Waals surface area (Å²) in [6, 6.07) is 13.0. The lowest BCUT2D eigenvalue weighted by Gasteiger charge is -2.16. The van der Waals surface area contributed by atoms with Crippen molar-refractivity contribution < 1.29 is 9.53 Å². The van der Waals surface area contributed by atoms with E-state index >= 15 is 0 Å². The molecule has 0 bridgehead atoms. The van der Waals surface area contributed by atoms with Crippen molar-refractivity contribution >= 4 is 37.8 Å². The van der Waals surface area contributed by atoms with E-state index in [0.29, 0.717) is 5.56 Å². The van der Waals surface area contributed by atoms with E-state index in [2.05, 4.69) is 37.2 Å². The molecular weight excluding hydrogens is 398 g/mol. The third-order valence-corrected chi connectivity index (χ3v) is 4.22. The number of amides is 1. The molecule has 1 amide bonds. The summed E-state index contributed by atoms with van der Waals surface area (Å²) in [5.74, 6) is 0.667. The highest BCUT2D eigenvalue weighted by Gasteiger charge is 2.13. The molecule has 1 atom stereocenters. The third kappa shape index (κ3) is 4.08. The molecule has 3 nitrogen and oxygen atoms in total. The van der Waals surface area contributed by atoms with E-state index in [-0.39, 0.29) is 11.9 Å². The van der Waals surface area contributed by atoms with E-state index < -0.39 is 0 Å².